The Labute approximate surface area is 123 Å². The van der Waals surface area contributed by atoms with Gasteiger partial charge in [0, 0.05) is 17.9 Å². The number of hydrogen-bond acceptors (Lipinski definition) is 7. The summed E-state index contributed by atoms with van der Waals surface area (Å²) < 4.78 is 0.831. The molecule has 2 heterocycles. The zero-order valence-corrected chi connectivity index (χ0v) is 12.8. The van der Waals surface area contributed by atoms with Crippen molar-refractivity contribution in [1.82, 2.24) is 15.5 Å². The fraction of sp³-hybridized carbons (Fsp3) is 0.600. The molecule has 1 atom stereocenters. The van der Waals surface area contributed by atoms with Crippen LogP contribution in [0.5, 0.6) is 0 Å². The molecule has 2 amide bonds. The van der Waals surface area contributed by atoms with Crippen LogP contribution in [0.15, 0.2) is 4.34 Å². The summed E-state index contributed by atoms with van der Waals surface area (Å²) in [5.41, 5.74) is 0. The molecular formula is C10H14N4O2S3. The topological polar surface area (TPSA) is 84.0 Å². The number of carbonyl (C=O) groups excluding carboxylic acids is 2. The average Bonchev–Trinajstić information content (AvgIpc) is 2.69. The summed E-state index contributed by atoms with van der Waals surface area (Å²) in [5, 5.41) is 13.8. The second-order valence-electron chi connectivity index (χ2n) is 3.74. The van der Waals surface area contributed by atoms with Crippen LogP contribution in [0.3, 0.4) is 0 Å². The Morgan fingerprint density at radius 3 is 3.21 bits per heavy atom. The number of nitrogens with one attached hydrogen (secondary N) is 2. The number of carbonyl (C=O) groups is 2. The zero-order valence-electron chi connectivity index (χ0n) is 10.3. The number of anilines is 1. The molecule has 0 bridgehead atoms. The SMILES string of the molecule is CCSc1nnc(NC(=O)[C@@H]2CSCCC(=O)N2)s1. The molecule has 0 aliphatic carbocycles. The van der Waals surface area contributed by atoms with Crippen LogP contribution in [0.4, 0.5) is 5.13 Å². The van der Waals surface area contributed by atoms with Crippen LogP contribution in [0.25, 0.3) is 0 Å². The highest BCUT2D eigenvalue weighted by molar-refractivity contribution is 8.01. The van der Waals surface area contributed by atoms with Crippen LogP contribution in [-0.4, -0.2) is 45.3 Å². The fourth-order valence-corrected chi connectivity index (χ4v) is 4.07. The molecule has 1 saturated heterocycles. The van der Waals surface area contributed by atoms with E-state index < -0.39 is 6.04 Å². The minimum absolute atomic E-state index is 0.0790. The highest BCUT2D eigenvalue weighted by Gasteiger charge is 2.24. The van der Waals surface area contributed by atoms with Crippen molar-refractivity contribution in [3.63, 3.8) is 0 Å². The number of thioether (sulfide) groups is 2. The van der Waals surface area contributed by atoms with Crippen molar-refractivity contribution < 1.29 is 9.59 Å². The van der Waals surface area contributed by atoms with Gasteiger partial charge in [-0.2, -0.15) is 11.8 Å². The largest absolute Gasteiger partial charge is 0.343 e. The van der Waals surface area contributed by atoms with Gasteiger partial charge in [0.1, 0.15) is 6.04 Å². The molecule has 1 fully saturated rings. The standard InChI is InChI=1S/C10H14N4O2S3/c1-2-18-10-14-13-9(19-10)12-8(16)6-5-17-4-3-7(15)11-6/h6H,2-5H2,1H3,(H,11,15)(H,12,13,16)/t6-/m0/s1. The van der Waals surface area contributed by atoms with Crippen molar-refractivity contribution in [3.05, 3.63) is 0 Å². The normalized spacial score (nSPS) is 19.6. The number of rotatable bonds is 4. The Hall–Kier alpha value is -0.800. The van der Waals surface area contributed by atoms with E-state index in [1.54, 1.807) is 23.5 Å². The molecule has 9 heteroatoms. The summed E-state index contributed by atoms with van der Waals surface area (Å²) in [6.45, 7) is 2.03. The molecule has 1 aliphatic rings. The molecule has 19 heavy (non-hydrogen) atoms. The predicted molar refractivity (Wildman–Crippen MR) is 78.8 cm³/mol. The first-order valence-electron chi connectivity index (χ1n) is 5.83. The Morgan fingerprint density at radius 1 is 1.58 bits per heavy atom. The summed E-state index contributed by atoms with van der Waals surface area (Å²) in [6.07, 6.45) is 0.463. The summed E-state index contributed by atoms with van der Waals surface area (Å²) in [7, 11) is 0. The maximum Gasteiger partial charge on any atom is 0.249 e. The van der Waals surface area contributed by atoms with Crippen LogP contribution in [0.2, 0.25) is 0 Å². The van der Waals surface area contributed by atoms with Gasteiger partial charge in [0.25, 0.3) is 0 Å². The Morgan fingerprint density at radius 2 is 2.42 bits per heavy atom. The van der Waals surface area contributed by atoms with Crippen LogP contribution in [0, 0.1) is 0 Å². The number of aromatic nitrogens is 2. The highest BCUT2D eigenvalue weighted by atomic mass is 32.2. The number of hydrogen-bond donors (Lipinski definition) is 2. The van der Waals surface area contributed by atoms with Gasteiger partial charge in [-0.1, -0.05) is 30.0 Å². The van der Waals surface area contributed by atoms with Gasteiger partial charge >= 0.3 is 0 Å². The molecular weight excluding hydrogens is 304 g/mol. The predicted octanol–water partition coefficient (Wildman–Crippen LogP) is 1.21. The summed E-state index contributed by atoms with van der Waals surface area (Å²) in [6, 6.07) is -0.494. The monoisotopic (exact) mass is 318 g/mol. The van der Waals surface area contributed by atoms with Gasteiger partial charge in [0.15, 0.2) is 4.34 Å². The molecule has 0 radical (unpaired) electrons. The van der Waals surface area contributed by atoms with Crippen LogP contribution in [0.1, 0.15) is 13.3 Å². The molecule has 2 N–H and O–H groups in total. The second kappa shape index (κ2) is 7.11. The molecule has 0 saturated carbocycles. The van der Waals surface area contributed by atoms with Crippen LogP contribution < -0.4 is 10.6 Å². The van der Waals surface area contributed by atoms with Crippen molar-refractivity contribution in [2.75, 3.05) is 22.6 Å². The van der Waals surface area contributed by atoms with E-state index in [2.05, 4.69) is 20.8 Å². The van der Waals surface area contributed by atoms with Crippen molar-refractivity contribution >= 4 is 51.8 Å². The van der Waals surface area contributed by atoms with Crippen LogP contribution >= 0.6 is 34.9 Å². The summed E-state index contributed by atoms with van der Waals surface area (Å²) in [4.78, 5) is 23.4. The first-order valence-corrected chi connectivity index (χ1v) is 8.79. The van der Waals surface area contributed by atoms with Gasteiger partial charge in [-0.3, -0.25) is 14.9 Å². The molecule has 6 nitrogen and oxygen atoms in total. The van der Waals surface area contributed by atoms with E-state index in [9.17, 15) is 9.59 Å². The lowest BCUT2D eigenvalue weighted by Gasteiger charge is -2.13. The van der Waals surface area contributed by atoms with Crippen molar-refractivity contribution in [2.45, 2.75) is 23.7 Å². The van der Waals surface area contributed by atoms with Gasteiger partial charge in [0.05, 0.1) is 0 Å². The number of nitrogens with zero attached hydrogens (tertiary/aromatic N) is 2. The first kappa shape index (κ1) is 14.6. The Kier molecular flexibility index (Phi) is 5.46. The van der Waals surface area contributed by atoms with E-state index in [0.717, 1.165) is 15.8 Å². The fourth-order valence-electron chi connectivity index (χ4n) is 1.45. The van der Waals surface area contributed by atoms with E-state index in [-0.39, 0.29) is 11.8 Å². The third kappa shape index (κ3) is 4.36. The van der Waals surface area contributed by atoms with Crippen molar-refractivity contribution in [1.29, 1.82) is 0 Å². The minimum atomic E-state index is -0.494. The molecule has 2 rings (SSSR count). The molecule has 0 aromatic carbocycles. The van der Waals surface area contributed by atoms with E-state index >= 15 is 0 Å². The van der Waals surface area contributed by atoms with Gasteiger partial charge < -0.3 is 5.32 Å². The maximum atomic E-state index is 12.0. The quantitative estimate of drug-likeness (QED) is 0.641. The van der Waals surface area contributed by atoms with E-state index in [4.69, 9.17) is 0 Å². The summed E-state index contributed by atoms with van der Waals surface area (Å²) in [5.74, 6) is 1.95. The smallest absolute Gasteiger partial charge is 0.249 e. The van der Waals surface area contributed by atoms with Crippen LogP contribution in [-0.2, 0) is 9.59 Å². The lowest BCUT2D eigenvalue weighted by molar-refractivity contribution is -0.125. The molecule has 0 spiro atoms. The van der Waals surface area contributed by atoms with E-state index in [1.807, 2.05) is 6.92 Å². The lowest BCUT2D eigenvalue weighted by Crippen LogP contribution is -2.44. The maximum absolute atomic E-state index is 12.0. The molecule has 1 aromatic heterocycles. The minimum Gasteiger partial charge on any atom is -0.343 e. The lowest BCUT2D eigenvalue weighted by atomic mass is 10.3. The third-order valence-electron chi connectivity index (χ3n) is 2.31. The van der Waals surface area contributed by atoms with Gasteiger partial charge in [-0.25, -0.2) is 0 Å². The zero-order chi connectivity index (χ0) is 13.7. The van der Waals surface area contributed by atoms with Gasteiger partial charge in [-0.15, -0.1) is 10.2 Å². The Balaban J connectivity index is 1.93. The molecule has 104 valence electrons. The van der Waals surface area contributed by atoms with E-state index in [0.29, 0.717) is 17.3 Å². The second-order valence-corrected chi connectivity index (χ2v) is 7.38. The molecule has 1 aliphatic heterocycles. The van der Waals surface area contributed by atoms with Crippen molar-refractivity contribution in [2.24, 2.45) is 0 Å². The third-order valence-corrected chi connectivity index (χ3v) is 5.23. The first-order chi connectivity index (χ1) is 9.19. The van der Waals surface area contributed by atoms with Crippen molar-refractivity contribution in [3.8, 4) is 0 Å². The molecule has 0 unspecified atom stereocenters. The molecule has 1 aromatic rings. The Bertz CT molecular complexity index is 465. The highest BCUT2D eigenvalue weighted by Crippen LogP contribution is 2.25. The van der Waals surface area contributed by atoms with Gasteiger partial charge in [0.2, 0.25) is 16.9 Å². The van der Waals surface area contributed by atoms with Gasteiger partial charge in [-0.05, 0) is 5.75 Å². The van der Waals surface area contributed by atoms with E-state index in [1.165, 1.54) is 11.3 Å². The summed E-state index contributed by atoms with van der Waals surface area (Å²) >= 11 is 4.53. The average molecular weight is 318 g/mol. The number of amides is 2.